The number of hydrogen-bond donors (Lipinski definition) is 1. The molecule has 0 saturated carbocycles. The monoisotopic (exact) mass is 274 g/mol. The Morgan fingerprint density at radius 1 is 1.41 bits per heavy atom. The molecule has 17 heavy (non-hydrogen) atoms. The first-order chi connectivity index (χ1) is 7.86. The van der Waals surface area contributed by atoms with Crippen molar-refractivity contribution >= 4 is 36.8 Å². The van der Waals surface area contributed by atoms with Crippen LogP contribution in [0.4, 0.5) is 6.01 Å². The predicted octanol–water partition coefficient (Wildman–Crippen LogP) is 2.58. The Balaban J connectivity index is 2.48. The van der Waals surface area contributed by atoms with Crippen molar-refractivity contribution in [1.82, 2.24) is 4.98 Å². The van der Waals surface area contributed by atoms with Crippen LogP contribution in [0.2, 0.25) is 0 Å². The van der Waals surface area contributed by atoms with Gasteiger partial charge < -0.3 is 9.73 Å². The second-order valence-electron chi connectivity index (χ2n) is 3.89. The summed E-state index contributed by atoms with van der Waals surface area (Å²) < 4.78 is 27.7. The topological polar surface area (TPSA) is 72.2 Å². The minimum absolute atomic E-state index is 0.00101. The van der Waals surface area contributed by atoms with Gasteiger partial charge in [0.2, 0.25) is 0 Å². The first kappa shape index (κ1) is 12.2. The number of oxazole rings is 1. The fraction of sp³-hybridized carbons (Fsp3) is 0.300. The zero-order chi connectivity index (χ0) is 12.6. The van der Waals surface area contributed by atoms with E-state index in [1.54, 1.807) is 6.07 Å². The van der Waals surface area contributed by atoms with Gasteiger partial charge in [-0.1, -0.05) is 0 Å². The van der Waals surface area contributed by atoms with Crippen molar-refractivity contribution in [2.75, 3.05) is 5.32 Å². The van der Waals surface area contributed by atoms with Crippen molar-refractivity contribution in [1.29, 1.82) is 0 Å². The largest absolute Gasteiger partial charge is 0.424 e. The van der Waals surface area contributed by atoms with E-state index in [2.05, 4.69) is 10.3 Å². The Kier molecular flexibility index (Phi) is 3.01. The van der Waals surface area contributed by atoms with E-state index in [-0.39, 0.29) is 10.9 Å². The summed E-state index contributed by atoms with van der Waals surface area (Å²) in [4.78, 5) is 4.16. The van der Waals surface area contributed by atoms with E-state index in [4.69, 9.17) is 15.1 Å². The molecule has 0 unspecified atom stereocenters. The van der Waals surface area contributed by atoms with Gasteiger partial charge in [-0.3, -0.25) is 0 Å². The number of nitrogens with zero attached hydrogens (tertiary/aromatic N) is 1. The first-order valence-electron chi connectivity index (χ1n) is 4.98. The predicted molar refractivity (Wildman–Crippen MR) is 65.8 cm³/mol. The maximum atomic E-state index is 11.1. The molecule has 0 aliphatic heterocycles. The lowest BCUT2D eigenvalue weighted by atomic mass is 10.3. The number of aromatic nitrogens is 1. The molecule has 1 heterocycles. The molecule has 0 atom stereocenters. The van der Waals surface area contributed by atoms with E-state index in [0.29, 0.717) is 17.1 Å². The smallest absolute Gasteiger partial charge is 0.295 e. The lowest BCUT2D eigenvalue weighted by Gasteiger charge is -2.02. The van der Waals surface area contributed by atoms with Gasteiger partial charge in [-0.2, -0.15) is 4.98 Å². The van der Waals surface area contributed by atoms with Gasteiger partial charge in [0.15, 0.2) is 5.58 Å². The second-order valence-corrected chi connectivity index (χ2v) is 6.45. The Morgan fingerprint density at radius 3 is 2.71 bits per heavy atom. The Labute approximate surface area is 103 Å². The van der Waals surface area contributed by atoms with Crippen LogP contribution in [0.5, 0.6) is 0 Å². The molecule has 1 N–H and O–H groups in total. The van der Waals surface area contributed by atoms with Crippen LogP contribution in [0.1, 0.15) is 13.8 Å². The average Bonchev–Trinajstić information content (AvgIpc) is 2.55. The molecule has 0 aliphatic rings. The summed E-state index contributed by atoms with van der Waals surface area (Å²) in [6, 6.07) is 4.85. The van der Waals surface area contributed by atoms with Gasteiger partial charge in [0.1, 0.15) is 5.52 Å². The van der Waals surface area contributed by atoms with Crippen LogP contribution in [0.3, 0.4) is 0 Å². The molecule has 2 rings (SSSR count). The van der Waals surface area contributed by atoms with E-state index in [9.17, 15) is 8.42 Å². The minimum atomic E-state index is -3.74. The third kappa shape index (κ3) is 2.70. The van der Waals surface area contributed by atoms with Crippen molar-refractivity contribution in [3.63, 3.8) is 0 Å². The summed E-state index contributed by atoms with van der Waals surface area (Å²) in [7, 11) is 1.50. The van der Waals surface area contributed by atoms with Gasteiger partial charge in [-0.15, -0.1) is 0 Å². The molecule has 0 amide bonds. The normalized spacial score (nSPS) is 12.2. The fourth-order valence-corrected chi connectivity index (χ4v) is 2.13. The van der Waals surface area contributed by atoms with Crippen molar-refractivity contribution in [3.8, 4) is 0 Å². The quantitative estimate of drug-likeness (QED) is 0.871. The van der Waals surface area contributed by atoms with Crippen LogP contribution in [-0.4, -0.2) is 19.4 Å². The number of benzene rings is 1. The standard InChI is InChI=1S/C10H11ClN2O3S/c1-6(2)12-10-13-8-4-3-7(17(11,14)15)5-9(8)16-10/h3-6H,1-2H3,(H,12,13). The molecule has 0 spiro atoms. The molecule has 92 valence electrons. The molecule has 0 radical (unpaired) electrons. The number of halogens is 1. The SMILES string of the molecule is CC(C)Nc1nc2ccc(S(=O)(=O)Cl)cc2o1. The lowest BCUT2D eigenvalue weighted by molar-refractivity contribution is 0.600. The third-order valence-electron chi connectivity index (χ3n) is 2.05. The molecular formula is C10H11ClN2O3S. The molecule has 5 nitrogen and oxygen atoms in total. The molecule has 1 aromatic carbocycles. The molecule has 7 heteroatoms. The third-order valence-corrected chi connectivity index (χ3v) is 3.41. The van der Waals surface area contributed by atoms with Crippen molar-refractivity contribution in [3.05, 3.63) is 18.2 Å². The molecule has 0 saturated heterocycles. The number of fused-ring (bicyclic) bond motifs is 1. The second kappa shape index (κ2) is 4.19. The summed E-state index contributed by atoms with van der Waals surface area (Å²) >= 11 is 0. The highest BCUT2D eigenvalue weighted by molar-refractivity contribution is 8.13. The van der Waals surface area contributed by atoms with Gasteiger partial charge in [0.05, 0.1) is 4.90 Å². The van der Waals surface area contributed by atoms with E-state index in [0.717, 1.165) is 0 Å². The molecule has 0 fully saturated rings. The van der Waals surface area contributed by atoms with Crippen molar-refractivity contribution in [2.45, 2.75) is 24.8 Å². The summed E-state index contributed by atoms with van der Waals surface area (Å²) in [5, 5.41) is 2.99. The zero-order valence-electron chi connectivity index (χ0n) is 9.27. The van der Waals surface area contributed by atoms with Crippen LogP contribution in [0, 0.1) is 0 Å². The van der Waals surface area contributed by atoms with Gasteiger partial charge in [0, 0.05) is 22.8 Å². The van der Waals surface area contributed by atoms with Crippen molar-refractivity contribution < 1.29 is 12.8 Å². The van der Waals surface area contributed by atoms with E-state index >= 15 is 0 Å². The minimum Gasteiger partial charge on any atom is -0.424 e. The van der Waals surface area contributed by atoms with E-state index in [1.165, 1.54) is 12.1 Å². The summed E-state index contributed by atoms with van der Waals surface area (Å²) in [6.07, 6.45) is 0. The number of nitrogens with one attached hydrogen (secondary N) is 1. The van der Waals surface area contributed by atoms with Crippen LogP contribution in [0.15, 0.2) is 27.5 Å². The highest BCUT2D eigenvalue weighted by Gasteiger charge is 2.13. The maximum Gasteiger partial charge on any atom is 0.295 e. The summed E-state index contributed by atoms with van der Waals surface area (Å²) in [5.74, 6) is 0. The molecule has 0 bridgehead atoms. The van der Waals surface area contributed by atoms with Crippen molar-refractivity contribution in [2.24, 2.45) is 0 Å². The van der Waals surface area contributed by atoms with E-state index < -0.39 is 9.05 Å². The number of anilines is 1. The number of hydrogen-bond acceptors (Lipinski definition) is 5. The Morgan fingerprint density at radius 2 is 2.12 bits per heavy atom. The van der Waals surface area contributed by atoms with Gasteiger partial charge in [-0.05, 0) is 26.0 Å². The van der Waals surface area contributed by atoms with Crippen LogP contribution < -0.4 is 5.32 Å². The zero-order valence-corrected chi connectivity index (χ0v) is 10.8. The van der Waals surface area contributed by atoms with Gasteiger partial charge in [-0.25, -0.2) is 8.42 Å². The molecular weight excluding hydrogens is 264 g/mol. The Bertz CT molecular complexity index is 649. The van der Waals surface area contributed by atoms with Crippen LogP contribution >= 0.6 is 10.7 Å². The molecule has 1 aromatic heterocycles. The summed E-state index contributed by atoms with van der Waals surface area (Å²) in [5.41, 5.74) is 0.965. The first-order valence-corrected chi connectivity index (χ1v) is 7.29. The lowest BCUT2D eigenvalue weighted by Crippen LogP contribution is -2.09. The average molecular weight is 275 g/mol. The maximum absolute atomic E-state index is 11.1. The number of rotatable bonds is 3. The van der Waals surface area contributed by atoms with Crippen LogP contribution in [0.25, 0.3) is 11.1 Å². The Hall–Kier alpha value is -1.27. The molecule has 0 aliphatic carbocycles. The molecule has 2 aromatic rings. The van der Waals surface area contributed by atoms with E-state index in [1.807, 2.05) is 13.8 Å². The highest BCUT2D eigenvalue weighted by atomic mass is 35.7. The van der Waals surface area contributed by atoms with Gasteiger partial charge in [0.25, 0.3) is 15.1 Å². The highest BCUT2D eigenvalue weighted by Crippen LogP contribution is 2.24. The fourth-order valence-electron chi connectivity index (χ4n) is 1.37. The van der Waals surface area contributed by atoms with Crippen LogP contribution in [-0.2, 0) is 9.05 Å². The van der Waals surface area contributed by atoms with Gasteiger partial charge >= 0.3 is 0 Å². The summed E-state index contributed by atoms with van der Waals surface area (Å²) in [6.45, 7) is 3.90.